The average molecular weight is 515 g/mol. The molecule has 0 spiro atoms. The third kappa shape index (κ3) is 7.30. The third-order valence-corrected chi connectivity index (χ3v) is 7.80. The summed E-state index contributed by atoms with van der Waals surface area (Å²) in [5.41, 5.74) is 7.96. The Morgan fingerprint density at radius 2 is 1.54 bits per heavy atom. The monoisotopic (exact) mass is 514 g/mol. The van der Waals surface area contributed by atoms with Crippen LogP contribution in [0.15, 0.2) is 48.7 Å². The summed E-state index contributed by atoms with van der Waals surface area (Å²) in [5, 5.41) is 1.18. The zero-order chi connectivity index (χ0) is 26.3. The van der Waals surface area contributed by atoms with E-state index in [1.54, 1.807) is 18.2 Å². The Hall–Kier alpha value is -2.96. The summed E-state index contributed by atoms with van der Waals surface area (Å²) in [4.78, 5) is 8.58. The molecule has 0 unspecified atom stereocenters. The fourth-order valence-corrected chi connectivity index (χ4v) is 6.12. The number of hydrogen-bond acceptors (Lipinski definition) is 2. The molecule has 2 saturated carbocycles. The number of halogens is 3. The number of rotatable bonds is 6. The van der Waals surface area contributed by atoms with Gasteiger partial charge in [-0.3, -0.25) is 4.79 Å². The molecule has 2 N–H and O–H groups in total. The van der Waals surface area contributed by atoms with Crippen LogP contribution in [0.5, 0.6) is 5.75 Å². The number of ether oxygens (including phenoxy) is 1. The van der Waals surface area contributed by atoms with Gasteiger partial charge in [-0.2, -0.15) is 0 Å². The number of para-hydroxylation sites is 1. The van der Waals surface area contributed by atoms with E-state index >= 15 is 0 Å². The van der Waals surface area contributed by atoms with Gasteiger partial charge in [-0.15, -0.1) is 13.2 Å². The van der Waals surface area contributed by atoms with Crippen LogP contribution in [0.25, 0.3) is 22.0 Å². The number of alkyl halides is 3. The van der Waals surface area contributed by atoms with Crippen molar-refractivity contribution in [3.05, 3.63) is 54.2 Å². The van der Waals surface area contributed by atoms with E-state index in [4.69, 9.17) is 4.79 Å². The van der Waals surface area contributed by atoms with Crippen molar-refractivity contribution in [1.29, 1.82) is 0 Å². The second-order valence-electron chi connectivity index (χ2n) is 10.4. The molecule has 4 nitrogen and oxygen atoms in total. The molecule has 5 rings (SSSR count). The Morgan fingerprint density at radius 1 is 0.919 bits per heavy atom. The highest BCUT2D eigenvalue weighted by Crippen LogP contribution is 2.38. The van der Waals surface area contributed by atoms with Crippen molar-refractivity contribution in [2.24, 2.45) is 17.6 Å². The van der Waals surface area contributed by atoms with Gasteiger partial charge in [0.2, 0.25) is 6.41 Å². The highest BCUT2D eigenvalue weighted by molar-refractivity contribution is 5.89. The molecule has 37 heavy (non-hydrogen) atoms. The van der Waals surface area contributed by atoms with E-state index in [2.05, 4.69) is 33.4 Å². The van der Waals surface area contributed by atoms with Gasteiger partial charge in [0, 0.05) is 29.2 Å². The number of nitrogens with zero attached hydrogens (tertiary/aromatic N) is 1. The van der Waals surface area contributed by atoms with E-state index in [9.17, 15) is 13.2 Å². The second kappa shape index (κ2) is 12.5. The summed E-state index contributed by atoms with van der Waals surface area (Å²) in [6.07, 6.45) is 12.0. The van der Waals surface area contributed by atoms with Crippen molar-refractivity contribution in [2.75, 3.05) is 0 Å². The smallest absolute Gasteiger partial charge is 0.405 e. The van der Waals surface area contributed by atoms with E-state index in [1.807, 2.05) is 6.07 Å². The number of fused-ring (bicyclic) bond motifs is 1. The van der Waals surface area contributed by atoms with E-state index < -0.39 is 6.36 Å². The van der Waals surface area contributed by atoms with Gasteiger partial charge in [0.15, 0.2) is 0 Å². The average Bonchev–Trinajstić information content (AvgIpc) is 3.21. The fourth-order valence-electron chi connectivity index (χ4n) is 6.12. The van der Waals surface area contributed by atoms with Crippen molar-refractivity contribution in [1.82, 2.24) is 4.57 Å². The van der Waals surface area contributed by atoms with Gasteiger partial charge in [0.25, 0.3) is 0 Å². The van der Waals surface area contributed by atoms with Crippen molar-refractivity contribution < 1.29 is 22.7 Å². The summed E-state index contributed by atoms with van der Waals surface area (Å²) >= 11 is 0. The van der Waals surface area contributed by atoms with Crippen LogP contribution in [0.3, 0.4) is 0 Å². The lowest BCUT2D eigenvalue weighted by molar-refractivity contribution is -0.274. The molecular weight excluding hydrogens is 477 g/mol. The predicted octanol–water partition coefficient (Wildman–Crippen LogP) is 8.01. The Kier molecular flexibility index (Phi) is 9.17. The molecule has 2 fully saturated rings. The van der Waals surface area contributed by atoms with E-state index in [0.29, 0.717) is 17.4 Å². The van der Waals surface area contributed by atoms with Crippen molar-refractivity contribution in [3.63, 3.8) is 0 Å². The first-order valence-electron chi connectivity index (χ1n) is 13.5. The van der Waals surface area contributed by atoms with Crippen molar-refractivity contribution >= 4 is 17.3 Å². The van der Waals surface area contributed by atoms with Gasteiger partial charge < -0.3 is 15.0 Å². The zero-order valence-electron chi connectivity index (χ0n) is 21.3. The van der Waals surface area contributed by atoms with E-state index in [-0.39, 0.29) is 12.2 Å². The van der Waals surface area contributed by atoms with E-state index in [1.165, 1.54) is 86.7 Å². The SMILES string of the molecule is FC(F)(F)Oc1ccccc1-c1ccc2c(c1)c(CC1CCCCC1)cn2CC1CCCCC1.NC=O. The van der Waals surface area contributed by atoms with Crippen LogP contribution in [0, 0.1) is 11.8 Å². The number of nitrogens with two attached hydrogens (primary N) is 1. The molecule has 2 aromatic carbocycles. The molecule has 7 heteroatoms. The Morgan fingerprint density at radius 3 is 2.19 bits per heavy atom. The Bertz CT molecular complexity index is 1160. The van der Waals surface area contributed by atoms with Gasteiger partial charge in [0.1, 0.15) is 5.75 Å². The minimum Gasteiger partial charge on any atom is -0.405 e. The molecule has 1 heterocycles. The summed E-state index contributed by atoms with van der Waals surface area (Å²) in [5.74, 6) is 1.27. The standard InChI is InChI=1S/C29H34F3NO.CH3NO/c30-29(31,32)34-28-14-8-7-13-25(28)23-15-16-27-26(18-23)24(17-21-9-3-1-4-10-21)20-33(27)19-22-11-5-2-6-12-22;2-1-3/h7-8,13-16,18,20-22H,1-6,9-12,17,19H2;1H,(H2,2,3). The topological polar surface area (TPSA) is 57.2 Å². The maximum absolute atomic E-state index is 13.0. The van der Waals surface area contributed by atoms with Crippen LogP contribution in [-0.4, -0.2) is 17.3 Å². The maximum Gasteiger partial charge on any atom is 0.573 e. The number of carbonyl (C=O) groups excluding carboxylic acids is 1. The number of benzene rings is 2. The van der Waals surface area contributed by atoms with Crippen molar-refractivity contribution in [2.45, 2.75) is 83.5 Å². The third-order valence-electron chi connectivity index (χ3n) is 7.80. The number of carbonyl (C=O) groups is 1. The number of aromatic nitrogens is 1. The molecule has 0 radical (unpaired) electrons. The molecule has 1 aromatic heterocycles. The summed E-state index contributed by atoms with van der Waals surface area (Å²) in [6.45, 7) is 1.04. The first kappa shape index (κ1) is 27.1. The molecule has 0 atom stereocenters. The minimum atomic E-state index is -4.71. The highest BCUT2D eigenvalue weighted by atomic mass is 19.4. The van der Waals surface area contributed by atoms with Crippen molar-refractivity contribution in [3.8, 4) is 16.9 Å². The number of hydrogen-bond donors (Lipinski definition) is 1. The lowest BCUT2D eigenvalue weighted by atomic mass is 9.84. The lowest BCUT2D eigenvalue weighted by Crippen LogP contribution is -2.17. The van der Waals surface area contributed by atoms with Crippen LogP contribution in [0.1, 0.15) is 69.8 Å². The van der Waals surface area contributed by atoms with E-state index in [0.717, 1.165) is 18.5 Å². The quantitative estimate of drug-likeness (QED) is 0.339. The summed E-state index contributed by atoms with van der Waals surface area (Å²) in [6, 6.07) is 12.6. The fraction of sp³-hybridized carbons (Fsp3) is 0.500. The first-order valence-corrected chi connectivity index (χ1v) is 13.5. The summed E-state index contributed by atoms with van der Waals surface area (Å²) in [7, 11) is 0. The molecule has 200 valence electrons. The van der Waals surface area contributed by atoms with Crippen LogP contribution >= 0.6 is 0 Å². The number of amides is 1. The minimum absolute atomic E-state index is 0.148. The van der Waals surface area contributed by atoms with Gasteiger partial charge in [0.05, 0.1) is 0 Å². The van der Waals surface area contributed by atoms with Crippen LogP contribution in [0.2, 0.25) is 0 Å². The molecule has 3 aromatic rings. The second-order valence-corrected chi connectivity index (χ2v) is 10.4. The summed E-state index contributed by atoms with van der Waals surface area (Å²) < 4.78 is 45.8. The highest BCUT2D eigenvalue weighted by Gasteiger charge is 2.32. The van der Waals surface area contributed by atoms with Gasteiger partial charge >= 0.3 is 6.36 Å². The largest absolute Gasteiger partial charge is 0.573 e. The van der Waals surface area contributed by atoms with Crippen LogP contribution < -0.4 is 10.5 Å². The Labute approximate surface area is 217 Å². The van der Waals surface area contributed by atoms with Gasteiger partial charge in [-0.25, -0.2) is 0 Å². The zero-order valence-corrected chi connectivity index (χ0v) is 21.3. The molecule has 2 aliphatic rings. The predicted molar refractivity (Wildman–Crippen MR) is 141 cm³/mol. The molecule has 0 saturated heterocycles. The maximum atomic E-state index is 13.0. The molecule has 2 aliphatic carbocycles. The molecule has 0 aliphatic heterocycles. The Balaban J connectivity index is 0.00000102. The lowest BCUT2D eigenvalue weighted by Gasteiger charge is -2.22. The molecule has 1 amide bonds. The first-order chi connectivity index (χ1) is 17.9. The normalized spacial score (nSPS) is 17.3. The van der Waals surface area contributed by atoms with Crippen LogP contribution in [0.4, 0.5) is 13.2 Å². The molecular formula is C30H37F3N2O2. The van der Waals surface area contributed by atoms with Gasteiger partial charge in [-0.05, 0) is 60.4 Å². The molecule has 0 bridgehead atoms. The van der Waals surface area contributed by atoms with Gasteiger partial charge in [-0.1, -0.05) is 75.6 Å². The number of primary amides is 1. The van der Waals surface area contributed by atoms with Crippen LogP contribution in [-0.2, 0) is 17.8 Å².